The van der Waals surface area contributed by atoms with Gasteiger partial charge in [0.2, 0.25) is 0 Å². The number of likely N-dealkylation sites (N-methyl/N-ethyl adjacent to an activating group) is 1. The summed E-state index contributed by atoms with van der Waals surface area (Å²) in [6, 6.07) is 6.79. The van der Waals surface area contributed by atoms with Gasteiger partial charge in [-0.15, -0.1) is 0 Å². The molecule has 0 saturated carbocycles. The molecule has 0 N–H and O–H groups in total. The number of rotatable bonds is 0. The van der Waals surface area contributed by atoms with Gasteiger partial charge in [-0.25, -0.2) is 0 Å². The zero-order valence-electron chi connectivity index (χ0n) is 10.3. The van der Waals surface area contributed by atoms with E-state index in [1.165, 1.54) is 18.5 Å². The average Bonchev–Trinajstić information content (AvgIpc) is 2.15. The van der Waals surface area contributed by atoms with Crippen molar-refractivity contribution in [1.82, 2.24) is 4.90 Å². The predicted molar refractivity (Wildman–Crippen MR) is 65.2 cm³/mol. The van der Waals surface area contributed by atoms with Gasteiger partial charge in [-0.1, -0.05) is 39.0 Å². The van der Waals surface area contributed by atoms with Gasteiger partial charge in [-0.3, -0.25) is 0 Å². The molecule has 1 heterocycles. The number of fused-ring (bicyclic) bond motifs is 1. The predicted octanol–water partition coefficient (Wildman–Crippen LogP) is 2.97. The summed E-state index contributed by atoms with van der Waals surface area (Å²) in [7, 11) is 2.21. The first-order valence-corrected chi connectivity index (χ1v) is 5.78. The largest absolute Gasteiger partial charge is 0.302 e. The number of benzene rings is 1. The molecule has 1 heteroatoms. The van der Waals surface area contributed by atoms with E-state index in [1.807, 2.05) is 0 Å². The third-order valence-electron chi connectivity index (χ3n) is 3.27. The molecule has 0 bridgehead atoms. The summed E-state index contributed by atoms with van der Waals surface area (Å²) in [6.07, 6.45) is 1.20. The molecule has 82 valence electrons. The van der Waals surface area contributed by atoms with Crippen molar-refractivity contribution >= 4 is 0 Å². The summed E-state index contributed by atoms with van der Waals surface area (Å²) in [5, 5.41) is 0. The molecule has 0 saturated heterocycles. The van der Waals surface area contributed by atoms with Gasteiger partial charge in [-0.2, -0.15) is 0 Å². The Morgan fingerprint density at radius 2 is 1.93 bits per heavy atom. The monoisotopic (exact) mass is 203 g/mol. The molecule has 0 spiro atoms. The Hall–Kier alpha value is -0.820. The Balaban J connectivity index is 2.49. The summed E-state index contributed by atoms with van der Waals surface area (Å²) in [5.41, 5.74) is 4.91. The number of nitrogens with zero attached hydrogens (tertiary/aromatic N) is 1. The zero-order valence-corrected chi connectivity index (χ0v) is 10.3. The normalized spacial score (nSPS) is 17.6. The van der Waals surface area contributed by atoms with Crippen molar-refractivity contribution in [3.63, 3.8) is 0 Å². The lowest BCUT2D eigenvalue weighted by Crippen LogP contribution is -2.29. The van der Waals surface area contributed by atoms with Gasteiger partial charge in [0.1, 0.15) is 0 Å². The molecule has 0 fully saturated rings. The van der Waals surface area contributed by atoms with Crippen LogP contribution in [-0.4, -0.2) is 18.5 Å². The second-order valence-electron chi connectivity index (χ2n) is 5.68. The van der Waals surface area contributed by atoms with E-state index >= 15 is 0 Å². The Labute approximate surface area is 93.1 Å². The molecule has 1 aliphatic heterocycles. The molecule has 1 aliphatic rings. The Morgan fingerprint density at radius 1 is 1.20 bits per heavy atom. The van der Waals surface area contributed by atoms with E-state index in [2.05, 4.69) is 50.9 Å². The molecule has 2 rings (SSSR count). The molecule has 1 nitrogen and oxygen atoms in total. The maximum Gasteiger partial charge on any atom is 0.0236 e. The standard InChI is InChI=1S/C14H21N/c1-14(2,3)13-7-5-6-11-8-9-15(4)10-12(11)13/h5-7H,8-10H2,1-4H3. The highest BCUT2D eigenvalue weighted by molar-refractivity contribution is 5.40. The summed E-state index contributed by atoms with van der Waals surface area (Å²) in [6.45, 7) is 9.22. The van der Waals surface area contributed by atoms with Gasteiger partial charge in [0.15, 0.2) is 0 Å². The van der Waals surface area contributed by atoms with Crippen molar-refractivity contribution in [2.24, 2.45) is 0 Å². The highest BCUT2D eigenvalue weighted by atomic mass is 15.1. The highest BCUT2D eigenvalue weighted by Crippen LogP contribution is 2.30. The molecule has 0 amide bonds. The fourth-order valence-corrected chi connectivity index (χ4v) is 2.42. The Kier molecular flexibility index (Phi) is 2.59. The van der Waals surface area contributed by atoms with E-state index in [4.69, 9.17) is 0 Å². The Bertz CT molecular complexity index is 360. The SMILES string of the molecule is CN1CCc2cccc(C(C)(C)C)c2C1. The molecule has 0 aromatic heterocycles. The third kappa shape index (κ3) is 2.07. The lowest BCUT2D eigenvalue weighted by molar-refractivity contribution is 0.309. The van der Waals surface area contributed by atoms with Gasteiger partial charge in [-0.05, 0) is 35.6 Å². The van der Waals surface area contributed by atoms with Crippen molar-refractivity contribution in [1.29, 1.82) is 0 Å². The first kappa shape index (κ1) is 10.7. The van der Waals surface area contributed by atoms with Crippen LogP contribution in [0.2, 0.25) is 0 Å². The summed E-state index contributed by atoms with van der Waals surface area (Å²) < 4.78 is 0. The van der Waals surface area contributed by atoms with Crippen LogP contribution < -0.4 is 0 Å². The molecule has 1 aromatic carbocycles. The van der Waals surface area contributed by atoms with E-state index in [0.29, 0.717) is 0 Å². The van der Waals surface area contributed by atoms with Crippen LogP contribution in [0, 0.1) is 0 Å². The lowest BCUT2D eigenvalue weighted by Gasteiger charge is -2.31. The van der Waals surface area contributed by atoms with Crippen molar-refractivity contribution in [2.75, 3.05) is 13.6 Å². The van der Waals surface area contributed by atoms with Crippen molar-refractivity contribution < 1.29 is 0 Å². The van der Waals surface area contributed by atoms with Crippen molar-refractivity contribution in [3.05, 3.63) is 34.9 Å². The first-order valence-electron chi connectivity index (χ1n) is 5.78. The third-order valence-corrected chi connectivity index (χ3v) is 3.27. The fourth-order valence-electron chi connectivity index (χ4n) is 2.42. The minimum atomic E-state index is 0.267. The molecule has 0 aliphatic carbocycles. The van der Waals surface area contributed by atoms with Crippen LogP contribution in [-0.2, 0) is 18.4 Å². The van der Waals surface area contributed by atoms with E-state index < -0.39 is 0 Å². The van der Waals surface area contributed by atoms with E-state index in [-0.39, 0.29) is 5.41 Å². The first-order chi connectivity index (χ1) is 6.98. The van der Waals surface area contributed by atoms with Crippen molar-refractivity contribution in [2.45, 2.75) is 39.2 Å². The molecule has 0 atom stereocenters. The van der Waals surface area contributed by atoms with E-state index in [9.17, 15) is 0 Å². The fraction of sp³-hybridized carbons (Fsp3) is 0.571. The van der Waals surface area contributed by atoms with Crippen LogP contribution in [0.15, 0.2) is 18.2 Å². The summed E-state index contributed by atoms with van der Waals surface area (Å²) in [4.78, 5) is 2.41. The van der Waals surface area contributed by atoms with Crippen LogP contribution in [0.3, 0.4) is 0 Å². The van der Waals surface area contributed by atoms with Crippen LogP contribution >= 0.6 is 0 Å². The zero-order chi connectivity index (χ0) is 11.1. The van der Waals surface area contributed by atoms with E-state index in [0.717, 1.165) is 6.54 Å². The molecule has 1 aromatic rings. The van der Waals surface area contributed by atoms with Gasteiger partial charge in [0, 0.05) is 13.1 Å². The average molecular weight is 203 g/mol. The molecule has 15 heavy (non-hydrogen) atoms. The van der Waals surface area contributed by atoms with Gasteiger partial charge < -0.3 is 4.90 Å². The quantitative estimate of drug-likeness (QED) is 0.626. The topological polar surface area (TPSA) is 3.24 Å². The molecular formula is C14H21N. The highest BCUT2D eigenvalue weighted by Gasteiger charge is 2.22. The Morgan fingerprint density at radius 3 is 2.60 bits per heavy atom. The van der Waals surface area contributed by atoms with Crippen LogP contribution in [0.1, 0.15) is 37.5 Å². The van der Waals surface area contributed by atoms with Crippen LogP contribution in [0.5, 0.6) is 0 Å². The second-order valence-corrected chi connectivity index (χ2v) is 5.68. The van der Waals surface area contributed by atoms with E-state index in [1.54, 1.807) is 11.1 Å². The van der Waals surface area contributed by atoms with Crippen molar-refractivity contribution in [3.8, 4) is 0 Å². The molecule has 0 radical (unpaired) electrons. The molecular weight excluding hydrogens is 182 g/mol. The van der Waals surface area contributed by atoms with Crippen LogP contribution in [0.25, 0.3) is 0 Å². The minimum absolute atomic E-state index is 0.267. The maximum atomic E-state index is 2.41. The lowest BCUT2D eigenvalue weighted by atomic mass is 9.80. The minimum Gasteiger partial charge on any atom is -0.302 e. The summed E-state index contributed by atoms with van der Waals surface area (Å²) >= 11 is 0. The van der Waals surface area contributed by atoms with Gasteiger partial charge in [0.25, 0.3) is 0 Å². The van der Waals surface area contributed by atoms with Crippen LogP contribution in [0.4, 0.5) is 0 Å². The number of hydrogen-bond acceptors (Lipinski definition) is 1. The van der Waals surface area contributed by atoms with Gasteiger partial charge >= 0.3 is 0 Å². The maximum absolute atomic E-state index is 2.41. The van der Waals surface area contributed by atoms with Gasteiger partial charge in [0.05, 0.1) is 0 Å². The number of hydrogen-bond donors (Lipinski definition) is 0. The molecule has 0 unspecified atom stereocenters. The second kappa shape index (κ2) is 3.64. The smallest absolute Gasteiger partial charge is 0.0236 e. The summed E-state index contributed by atoms with van der Waals surface area (Å²) in [5.74, 6) is 0.